The molecule has 27 heavy (non-hydrogen) atoms. The number of fused-ring (bicyclic) bond motifs is 1. The molecule has 0 atom stereocenters. The van der Waals surface area contributed by atoms with Crippen LogP contribution >= 0.6 is 11.8 Å². The Hall–Kier alpha value is -2.99. The van der Waals surface area contributed by atoms with Crippen LogP contribution in [0.3, 0.4) is 0 Å². The van der Waals surface area contributed by atoms with Gasteiger partial charge in [0, 0.05) is 17.6 Å². The maximum Gasteiger partial charge on any atom is 0.337 e. The number of benzene rings is 2. The number of rotatable bonds is 6. The summed E-state index contributed by atoms with van der Waals surface area (Å²) in [6.07, 6.45) is 1.91. The van der Waals surface area contributed by atoms with Crippen LogP contribution in [0, 0.1) is 0 Å². The molecule has 2 aromatic carbocycles. The summed E-state index contributed by atoms with van der Waals surface area (Å²) in [6, 6.07) is 19.8. The number of hydrogen-bond acceptors (Lipinski definition) is 4. The van der Waals surface area contributed by atoms with E-state index < -0.39 is 0 Å². The summed E-state index contributed by atoms with van der Waals surface area (Å²) in [5, 5.41) is 0.922. The lowest BCUT2D eigenvalue weighted by molar-refractivity contribution is 0.0601. The Morgan fingerprint density at radius 3 is 2.74 bits per heavy atom. The van der Waals surface area contributed by atoms with Gasteiger partial charge in [-0.1, -0.05) is 42.1 Å². The van der Waals surface area contributed by atoms with E-state index in [2.05, 4.69) is 21.7 Å². The minimum Gasteiger partial charge on any atom is -0.465 e. The number of aromatic nitrogens is 3. The highest BCUT2D eigenvalue weighted by molar-refractivity contribution is 7.98. The van der Waals surface area contributed by atoms with Crippen LogP contribution in [0.1, 0.15) is 21.6 Å². The molecule has 0 radical (unpaired) electrons. The number of imidazole rings is 1. The van der Waals surface area contributed by atoms with Crippen molar-refractivity contribution in [2.75, 3.05) is 7.11 Å². The topological polar surface area (TPSA) is 59.9 Å². The van der Waals surface area contributed by atoms with Crippen molar-refractivity contribution >= 4 is 28.8 Å². The zero-order valence-corrected chi connectivity index (χ0v) is 15.7. The lowest BCUT2D eigenvalue weighted by Gasteiger charge is -2.08. The first kappa shape index (κ1) is 17.4. The van der Waals surface area contributed by atoms with Gasteiger partial charge in [0.05, 0.1) is 30.3 Å². The molecule has 0 bridgehead atoms. The zero-order chi connectivity index (χ0) is 18.6. The van der Waals surface area contributed by atoms with Crippen molar-refractivity contribution in [2.24, 2.45) is 0 Å². The Morgan fingerprint density at radius 1 is 1.15 bits per heavy atom. The van der Waals surface area contributed by atoms with Crippen LogP contribution in [0.5, 0.6) is 0 Å². The molecule has 0 amide bonds. The maximum atomic E-state index is 11.9. The summed E-state index contributed by atoms with van der Waals surface area (Å²) in [6.45, 7) is 0.658. The van der Waals surface area contributed by atoms with Crippen molar-refractivity contribution < 1.29 is 9.53 Å². The number of carbonyl (C=O) groups is 1. The summed E-state index contributed by atoms with van der Waals surface area (Å²) in [7, 11) is 1.39. The van der Waals surface area contributed by atoms with Gasteiger partial charge in [0.25, 0.3) is 0 Å². The third-order valence-electron chi connectivity index (χ3n) is 4.34. The van der Waals surface area contributed by atoms with Gasteiger partial charge >= 0.3 is 5.97 Å². The summed E-state index contributed by atoms with van der Waals surface area (Å²) in [5.74, 6) is 0.488. The Bertz CT molecular complexity index is 1060. The minimum atomic E-state index is -0.344. The molecule has 6 heteroatoms. The van der Waals surface area contributed by atoms with Gasteiger partial charge in [-0.05, 0) is 35.9 Å². The van der Waals surface area contributed by atoms with Gasteiger partial charge in [0.2, 0.25) is 0 Å². The third kappa shape index (κ3) is 3.75. The molecule has 5 nitrogen and oxygen atoms in total. The van der Waals surface area contributed by atoms with E-state index >= 15 is 0 Å². The van der Waals surface area contributed by atoms with Gasteiger partial charge in [-0.2, -0.15) is 0 Å². The number of H-pyrrole nitrogens is 1. The average Bonchev–Trinajstić information content (AvgIpc) is 3.34. The molecule has 0 spiro atoms. The highest BCUT2D eigenvalue weighted by atomic mass is 32.2. The lowest BCUT2D eigenvalue weighted by atomic mass is 10.2. The van der Waals surface area contributed by atoms with Gasteiger partial charge in [0.15, 0.2) is 5.16 Å². The first-order chi connectivity index (χ1) is 13.2. The molecule has 2 heterocycles. The standard InChI is InChI=1S/C21H19N3O2S/c1-26-20(25)16-9-10-18-19(12-16)24(13-17-8-5-11-22-17)21(23-18)27-14-15-6-3-2-4-7-15/h2-12,22H,13-14H2,1H3. The van der Waals surface area contributed by atoms with Crippen LogP contribution < -0.4 is 0 Å². The fraction of sp³-hybridized carbons (Fsp3) is 0.143. The second kappa shape index (κ2) is 7.72. The lowest BCUT2D eigenvalue weighted by Crippen LogP contribution is -2.04. The van der Waals surface area contributed by atoms with E-state index in [1.54, 1.807) is 17.8 Å². The molecule has 136 valence electrons. The van der Waals surface area contributed by atoms with Crippen LogP contribution in [0.2, 0.25) is 0 Å². The largest absolute Gasteiger partial charge is 0.465 e. The van der Waals surface area contributed by atoms with Gasteiger partial charge in [0.1, 0.15) is 0 Å². The normalized spacial score (nSPS) is 11.0. The molecule has 4 aromatic rings. The molecule has 0 saturated heterocycles. The van der Waals surface area contributed by atoms with Crippen molar-refractivity contribution in [2.45, 2.75) is 17.5 Å². The first-order valence-corrected chi connectivity index (χ1v) is 9.61. The molecule has 0 unspecified atom stereocenters. The Morgan fingerprint density at radius 2 is 2.00 bits per heavy atom. The Kier molecular flexibility index (Phi) is 4.98. The number of esters is 1. The number of nitrogens with zero attached hydrogens (tertiary/aromatic N) is 2. The predicted octanol–water partition coefficient (Wildman–Crippen LogP) is 4.49. The number of ether oxygens (including phenoxy) is 1. The van der Waals surface area contributed by atoms with Crippen molar-refractivity contribution in [3.05, 3.63) is 83.7 Å². The van der Waals surface area contributed by atoms with Crippen LogP contribution in [0.15, 0.2) is 72.0 Å². The molecular formula is C21H19N3O2S. The quantitative estimate of drug-likeness (QED) is 0.397. The zero-order valence-electron chi connectivity index (χ0n) is 14.9. The fourth-order valence-corrected chi connectivity index (χ4v) is 3.94. The number of thioether (sulfide) groups is 1. The molecule has 1 N–H and O–H groups in total. The number of nitrogens with one attached hydrogen (secondary N) is 1. The first-order valence-electron chi connectivity index (χ1n) is 8.62. The minimum absolute atomic E-state index is 0.344. The van der Waals surface area contributed by atoms with Crippen molar-refractivity contribution in [3.63, 3.8) is 0 Å². The molecule has 0 aliphatic carbocycles. The smallest absolute Gasteiger partial charge is 0.337 e. The van der Waals surface area contributed by atoms with E-state index in [4.69, 9.17) is 9.72 Å². The van der Waals surface area contributed by atoms with Gasteiger partial charge in [-0.15, -0.1) is 0 Å². The summed E-state index contributed by atoms with van der Waals surface area (Å²) < 4.78 is 7.00. The number of methoxy groups -OCH3 is 1. The van der Waals surface area contributed by atoms with Crippen molar-refractivity contribution in [1.82, 2.24) is 14.5 Å². The predicted molar refractivity (Wildman–Crippen MR) is 107 cm³/mol. The van der Waals surface area contributed by atoms with Gasteiger partial charge < -0.3 is 14.3 Å². The van der Waals surface area contributed by atoms with E-state index in [-0.39, 0.29) is 5.97 Å². The van der Waals surface area contributed by atoms with E-state index in [9.17, 15) is 4.79 Å². The highest BCUT2D eigenvalue weighted by Gasteiger charge is 2.15. The third-order valence-corrected chi connectivity index (χ3v) is 5.38. The Labute approximate surface area is 161 Å². The van der Waals surface area contributed by atoms with Crippen LogP contribution in [0.25, 0.3) is 11.0 Å². The maximum absolute atomic E-state index is 11.9. The number of carbonyl (C=O) groups excluding carboxylic acids is 1. The van der Waals surface area contributed by atoms with Crippen molar-refractivity contribution in [3.8, 4) is 0 Å². The van der Waals surface area contributed by atoms with Gasteiger partial charge in [-0.3, -0.25) is 0 Å². The summed E-state index contributed by atoms with van der Waals surface area (Å²) in [5.41, 5.74) is 4.64. The molecular weight excluding hydrogens is 358 g/mol. The Balaban J connectivity index is 1.73. The molecule has 0 aliphatic rings. The summed E-state index contributed by atoms with van der Waals surface area (Å²) >= 11 is 1.69. The fourth-order valence-electron chi connectivity index (χ4n) is 2.97. The SMILES string of the molecule is COC(=O)c1ccc2nc(SCc3ccccc3)n(Cc3ccc[nH]3)c2c1. The molecule has 0 saturated carbocycles. The monoisotopic (exact) mass is 377 g/mol. The van der Waals surface area contributed by atoms with E-state index in [1.165, 1.54) is 12.7 Å². The molecule has 0 fully saturated rings. The number of hydrogen-bond donors (Lipinski definition) is 1. The highest BCUT2D eigenvalue weighted by Crippen LogP contribution is 2.28. The van der Waals surface area contributed by atoms with Crippen molar-refractivity contribution in [1.29, 1.82) is 0 Å². The van der Waals surface area contributed by atoms with E-state index in [0.29, 0.717) is 12.1 Å². The van der Waals surface area contributed by atoms with E-state index in [1.807, 2.05) is 48.7 Å². The molecule has 0 aliphatic heterocycles. The summed E-state index contributed by atoms with van der Waals surface area (Å²) in [4.78, 5) is 20.0. The van der Waals surface area contributed by atoms with Crippen LogP contribution in [-0.4, -0.2) is 27.6 Å². The molecule has 2 aromatic heterocycles. The number of aromatic amines is 1. The molecule has 4 rings (SSSR count). The van der Waals surface area contributed by atoms with E-state index in [0.717, 1.165) is 27.6 Å². The van der Waals surface area contributed by atoms with Gasteiger partial charge in [-0.25, -0.2) is 9.78 Å². The van der Waals surface area contributed by atoms with Crippen LogP contribution in [-0.2, 0) is 17.0 Å². The second-order valence-electron chi connectivity index (χ2n) is 6.15. The average molecular weight is 377 g/mol. The van der Waals surface area contributed by atoms with Crippen LogP contribution in [0.4, 0.5) is 0 Å². The second-order valence-corrected chi connectivity index (χ2v) is 7.09.